The van der Waals surface area contributed by atoms with Gasteiger partial charge >= 0.3 is 5.97 Å². The number of aliphatic hydroxyl groups excluding tert-OH is 1. The van der Waals surface area contributed by atoms with Crippen LogP contribution in [0.25, 0.3) is 0 Å². The number of amides is 1. The van der Waals surface area contributed by atoms with Gasteiger partial charge in [0.05, 0.1) is 18.8 Å². The molecule has 1 aliphatic heterocycles. The first-order valence-corrected chi connectivity index (χ1v) is 14.0. The fourth-order valence-electron chi connectivity index (χ4n) is 4.93. The highest BCUT2D eigenvalue weighted by Crippen LogP contribution is 2.42. The van der Waals surface area contributed by atoms with Crippen molar-refractivity contribution in [3.63, 3.8) is 0 Å². The van der Waals surface area contributed by atoms with Crippen molar-refractivity contribution in [1.29, 1.82) is 0 Å². The van der Waals surface area contributed by atoms with E-state index in [1.807, 2.05) is 60.8 Å². The van der Waals surface area contributed by atoms with E-state index >= 15 is 0 Å². The second kappa shape index (κ2) is 14.8. The first kappa shape index (κ1) is 30.3. The van der Waals surface area contributed by atoms with E-state index in [9.17, 15) is 14.7 Å². The van der Waals surface area contributed by atoms with Crippen molar-refractivity contribution in [3.05, 3.63) is 95.3 Å². The van der Waals surface area contributed by atoms with Gasteiger partial charge in [-0.2, -0.15) is 0 Å². The van der Waals surface area contributed by atoms with E-state index in [0.29, 0.717) is 18.7 Å². The number of rotatable bonds is 13. The Bertz CT molecular complexity index is 1250. The number of nitrogens with zero attached hydrogens (tertiary/aromatic N) is 2. The van der Waals surface area contributed by atoms with Crippen molar-refractivity contribution in [2.24, 2.45) is 5.92 Å². The monoisotopic (exact) mass is 561 g/mol. The number of carboxylic acid groups (broad SMARTS) is 1. The minimum absolute atomic E-state index is 0.0147. The third-order valence-electron chi connectivity index (χ3n) is 7.35. The maximum absolute atomic E-state index is 12.2. The third-order valence-corrected chi connectivity index (χ3v) is 7.35. The van der Waals surface area contributed by atoms with E-state index < -0.39 is 12.3 Å². The van der Waals surface area contributed by atoms with Gasteiger partial charge < -0.3 is 29.9 Å². The third kappa shape index (κ3) is 8.93. The molecule has 0 radical (unpaired) electrons. The molecule has 0 saturated carbocycles. The number of anilines is 1. The molecule has 1 aromatic heterocycles. The summed E-state index contributed by atoms with van der Waals surface area (Å²) in [6, 6.07) is 21.1. The topological polar surface area (TPSA) is 121 Å². The summed E-state index contributed by atoms with van der Waals surface area (Å²) in [6.07, 6.45) is 2.11. The first-order valence-electron chi connectivity index (χ1n) is 14.0. The SMILES string of the molecule is C[C@@H]1[C@H](CN(C)CCc2ccccn2)O[C@H](c2ccc(NC(=O)CCCC(=O)O)cc2)O[C@@H]1c1ccc(CO)cc1. The van der Waals surface area contributed by atoms with E-state index in [1.165, 1.54) is 0 Å². The number of aliphatic carboxylic acids is 1. The van der Waals surface area contributed by atoms with Gasteiger partial charge in [-0.3, -0.25) is 14.6 Å². The molecule has 1 aliphatic rings. The summed E-state index contributed by atoms with van der Waals surface area (Å²) in [4.78, 5) is 29.6. The Kier molecular flexibility index (Phi) is 11.0. The molecule has 4 atom stereocenters. The lowest BCUT2D eigenvalue weighted by atomic mass is 9.90. The summed E-state index contributed by atoms with van der Waals surface area (Å²) in [5.74, 6) is -1.07. The molecular weight excluding hydrogens is 522 g/mol. The zero-order chi connectivity index (χ0) is 29.2. The smallest absolute Gasteiger partial charge is 0.303 e. The number of hydrogen-bond acceptors (Lipinski definition) is 7. The molecule has 4 rings (SSSR count). The zero-order valence-corrected chi connectivity index (χ0v) is 23.6. The normalized spacial score (nSPS) is 20.6. The van der Waals surface area contributed by atoms with E-state index in [4.69, 9.17) is 14.6 Å². The number of carbonyl (C=O) groups excluding carboxylic acids is 1. The molecule has 41 heavy (non-hydrogen) atoms. The van der Waals surface area contributed by atoms with Crippen LogP contribution in [0.3, 0.4) is 0 Å². The highest BCUT2D eigenvalue weighted by Gasteiger charge is 2.38. The van der Waals surface area contributed by atoms with Crippen LogP contribution in [0.2, 0.25) is 0 Å². The Hall–Kier alpha value is -3.63. The van der Waals surface area contributed by atoms with Gasteiger partial charge in [-0.1, -0.05) is 49.4 Å². The van der Waals surface area contributed by atoms with E-state index in [-0.39, 0.29) is 43.5 Å². The molecule has 9 heteroatoms. The molecule has 3 aromatic rings. The number of aliphatic hydroxyl groups is 1. The number of ether oxygens (including phenoxy) is 2. The van der Waals surface area contributed by atoms with Crippen molar-refractivity contribution in [2.75, 3.05) is 25.5 Å². The summed E-state index contributed by atoms with van der Waals surface area (Å²) in [5.41, 5.74) is 4.37. The minimum Gasteiger partial charge on any atom is -0.481 e. The average molecular weight is 562 g/mol. The summed E-state index contributed by atoms with van der Waals surface area (Å²) in [6.45, 7) is 3.68. The number of carboxylic acids is 1. The van der Waals surface area contributed by atoms with Gasteiger partial charge in [0, 0.05) is 61.4 Å². The van der Waals surface area contributed by atoms with Crippen molar-refractivity contribution in [2.45, 2.75) is 57.7 Å². The molecule has 0 spiro atoms. The minimum atomic E-state index is -0.913. The van der Waals surface area contributed by atoms with Crippen LogP contribution in [-0.2, 0) is 32.1 Å². The Morgan fingerprint density at radius 3 is 2.37 bits per heavy atom. The molecule has 218 valence electrons. The van der Waals surface area contributed by atoms with Crippen molar-refractivity contribution in [3.8, 4) is 0 Å². The highest BCUT2D eigenvalue weighted by molar-refractivity contribution is 5.90. The second-order valence-electron chi connectivity index (χ2n) is 10.6. The number of benzene rings is 2. The Morgan fingerprint density at radius 2 is 1.71 bits per heavy atom. The molecule has 2 aromatic carbocycles. The van der Waals surface area contributed by atoms with Crippen LogP contribution in [0.15, 0.2) is 72.9 Å². The average Bonchev–Trinajstić information content (AvgIpc) is 2.98. The lowest BCUT2D eigenvalue weighted by Crippen LogP contribution is -2.43. The zero-order valence-electron chi connectivity index (χ0n) is 23.6. The highest BCUT2D eigenvalue weighted by atomic mass is 16.7. The number of carbonyl (C=O) groups is 2. The Labute approximate surface area is 241 Å². The van der Waals surface area contributed by atoms with Crippen molar-refractivity contribution >= 4 is 17.6 Å². The lowest BCUT2D eigenvalue weighted by molar-refractivity contribution is -0.275. The van der Waals surface area contributed by atoms with Crippen LogP contribution < -0.4 is 5.32 Å². The van der Waals surface area contributed by atoms with Crippen molar-refractivity contribution < 1.29 is 29.3 Å². The van der Waals surface area contributed by atoms with Gasteiger partial charge in [-0.25, -0.2) is 0 Å². The van der Waals surface area contributed by atoms with Gasteiger partial charge in [0.15, 0.2) is 6.29 Å². The van der Waals surface area contributed by atoms with E-state index in [0.717, 1.165) is 35.3 Å². The van der Waals surface area contributed by atoms with Crippen molar-refractivity contribution in [1.82, 2.24) is 9.88 Å². The molecule has 1 fully saturated rings. The number of hydrogen-bond donors (Lipinski definition) is 3. The maximum Gasteiger partial charge on any atom is 0.303 e. The van der Waals surface area contributed by atoms with Gasteiger partial charge in [0.1, 0.15) is 0 Å². The van der Waals surface area contributed by atoms with Crippen LogP contribution in [0, 0.1) is 5.92 Å². The predicted molar refractivity (Wildman–Crippen MR) is 155 cm³/mol. The summed E-state index contributed by atoms with van der Waals surface area (Å²) in [5, 5.41) is 21.1. The first-order chi connectivity index (χ1) is 19.8. The Morgan fingerprint density at radius 1 is 0.976 bits per heavy atom. The molecule has 0 unspecified atom stereocenters. The van der Waals surface area contributed by atoms with Gasteiger partial charge in [-0.15, -0.1) is 0 Å². The largest absolute Gasteiger partial charge is 0.481 e. The van der Waals surface area contributed by atoms with E-state index in [2.05, 4.69) is 29.2 Å². The summed E-state index contributed by atoms with van der Waals surface area (Å²) in [7, 11) is 2.09. The number of likely N-dealkylation sites (N-methyl/N-ethyl adjacent to an activating group) is 1. The summed E-state index contributed by atoms with van der Waals surface area (Å²) < 4.78 is 13.1. The van der Waals surface area contributed by atoms with Gasteiger partial charge in [-0.05, 0) is 48.9 Å². The molecule has 0 aliphatic carbocycles. The molecule has 2 heterocycles. The fraction of sp³-hybridized carbons (Fsp3) is 0.406. The quantitative estimate of drug-likeness (QED) is 0.274. The summed E-state index contributed by atoms with van der Waals surface area (Å²) >= 11 is 0. The lowest BCUT2D eigenvalue weighted by Gasteiger charge is -2.42. The number of aromatic nitrogens is 1. The maximum atomic E-state index is 12.2. The predicted octanol–water partition coefficient (Wildman–Crippen LogP) is 4.73. The number of pyridine rings is 1. The molecule has 9 nitrogen and oxygen atoms in total. The van der Waals surface area contributed by atoms with Crippen LogP contribution >= 0.6 is 0 Å². The molecule has 3 N–H and O–H groups in total. The van der Waals surface area contributed by atoms with Gasteiger partial charge in [0.2, 0.25) is 5.91 Å². The van der Waals surface area contributed by atoms with Crippen LogP contribution in [0.4, 0.5) is 5.69 Å². The van der Waals surface area contributed by atoms with Crippen LogP contribution in [0.5, 0.6) is 0 Å². The number of nitrogens with one attached hydrogen (secondary N) is 1. The molecule has 1 saturated heterocycles. The van der Waals surface area contributed by atoms with Gasteiger partial charge in [0.25, 0.3) is 0 Å². The standard InChI is InChI=1S/C32H39N3O6/c1-22-28(20-35(2)19-17-26-6-3-4-18-33-26)40-32(41-31(22)24-11-9-23(21-36)10-12-24)25-13-15-27(16-14-25)34-29(37)7-5-8-30(38)39/h3-4,6,9-16,18,22,28,31-32,36H,5,7-8,17,19-21H2,1-2H3,(H,34,37)(H,38,39)/t22-,28+,31+,32+/m1/s1. The second-order valence-corrected chi connectivity index (χ2v) is 10.6. The van der Waals surface area contributed by atoms with Crippen LogP contribution in [-0.4, -0.2) is 58.2 Å². The molecule has 0 bridgehead atoms. The molecular formula is C32H39N3O6. The molecule has 1 amide bonds. The van der Waals surface area contributed by atoms with Crippen LogP contribution in [0.1, 0.15) is 61.0 Å². The Balaban J connectivity index is 1.45. The van der Waals surface area contributed by atoms with E-state index in [1.54, 1.807) is 12.1 Å². The fourth-order valence-corrected chi connectivity index (χ4v) is 4.93.